The molecule has 0 aliphatic rings. The van der Waals surface area contributed by atoms with E-state index >= 15 is 0 Å². The van der Waals surface area contributed by atoms with Gasteiger partial charge in [-0.15, -0.1) is 0 Å². The average molecular weight is 456 g/mol. The van der Waals surface area contributed by atoms with Crippen LogP contribution < -0.4 is 4.74 Å². The molecule has 0 saturated heterocycles. The van der Waals surface area contributed by atoms with Crippen LogP contribution in [0.25, 0.3) is 22.0 Å². The number of carbonyl (C=O) groups excluding carboxylic acids is 1. The van der Waals surface area contributed by atoms with Gasteiger partial charge in [0.05, 0.1) is 17.6 Å². The number of carbonyl (C=O) groups is 1. The summed E-state index contributed by atoms with van der Waals surface area (Å²) < 4.78 is 30.7. The Labute approximate surface area is 186 Å². The van der Waals surface area contributed by atoms with Gasteiger partial charge in [-0.1, -0.05) is 50.8 Å². The summed E-state index contributed by atoms with van der Waals surface area (Å²) in [6, 6.07) is 13.2. The van der Waals surface area contributed by atoms with Gasteiger partial charge in [0.15, 0.2) is 5.75 Å². The Bertz CT molecular complexity index is 1160. The van der Waals surface area contributed by atoms with Crippen molar-refractivity contribution in [1.29, 1.82) is 0 Å². The number of hydrogen-bond donors (Lipinski definition) is 2. The lowest BCUT2D eigenvalue weighted by Crippen LogP contribution is -2.26. The zero-order valence-electron chi connectivity index (χ0n) is 17.7. The highest BCUT2D eigenvalue weighted by atomic mass is 31.1. The van der Waals surface area contributed by atoms with E-state index in [0.717, 1.165) is 6.08 Å². The highest BCUT2D eigenvalue weighted by molar-refractivity contribution is 7.39. The predicted molar refractivity (Wildman–Crippen MR) is 121 cm³/mol. The van der Waals surface area contributed by atoms with Crippen molar-refractivity contribution in [3.05, 3.63) is 72.7 Å². The SMILES string of the molecule is C=CC(C(O)CC(=O)Oc1c(C(C)C)nc2ccccc2c1-c1ccc(F)cc1)[P+](=O)O. The number of pyridine rings is 1. The number of esters is 1. The molecule has 6 nitrogen and oxygen atoms in total. The lowest BCUT2D eigenvalue weighted by Gasteiger charge is -2.19. The van der Waals surface area contributed by atoms with E-state index in [2.05, 4.69) is 11.6 Å². The maximum Gasteiger partial charge on any atom is 0.515 e. The third-order valence-electron chi connectivity index (χ3n) is 5.04. The predicted octanol–water partition coefficient (Wildman–Crippen LogP) is 5.11. The Morgan fingerprint density at radius 1 is 1.22 bits per heavy atom. The number of fused-ring (bicyclic) bond motifs is 1. The Morgan fingerprint density at radius 3 is 2.47 bits per heavy atom. The summed E-state index contributed by atoms with van der Waals surface area (Å²) in [5.74, 6) is -1.08. The fourth-order valence-electron chi connectivity index (χ4n) is 3.45. The second-order valence-electron chi connectivity index (χ2n) is 7.65. The van der Waals surface area contributed by atoms with Gasteiger partial charge in [-0.2, -0.15) is 4.89 Å². The molecule has 0 fully saturated rings. The number of aliphatic hydroxyl groups excluding tert-OH is 1. The Morgan fingerprint density at radius 2 is 1.88 bits per heavy atom. The lowest BCUT2D eigenvalue weighted by atomic mass is 9.95. The van der Waals surface area contributed by atoms with Crippen molar-refractivity contribution in [3.8, 4) is 16.9 Å². The van der Waals surface area contributed by atoms with Gasteiger partial charge in [-0.05, 0) is 40.3 Å². The third-order valence-corrected chi connectivity index (χ3v) is 6.10. The Kier molecular flexibility index (Phi) is 7.46. The van der Waals surface area contributed by atoms with Crippen molar-refractivity contribution in [1.82, 2.24) is 4.98 Å². The van der Waals surface area contributed by atoms with Crippen LogP contribution in [0.3, 0.4) is 0 Å². The molecule has 0 aliphatic heterocycles. The minimum absolute atomic E-state index is 0.112. The fraction of sp³-hybridized carbons (Fsp3) is 0.250. The van der Waals surface area contributed by atoms with E-state index in [4.69, 9.17) is 4.74 Å². The van der Waals surface area contributed by atoms with Gasteiger partial charge in [0, 0.05) is 10.9 Å². The van der Waals surface area contributed by atoms with E-state index in [1.165, 1.54) is 12.1 Å². The summed E-state index contributed by atoms with van der Waals surface area (Å²) in [5.41, 5.74) is 1.28. The zero-order chi connectivity index (χ0) is 23.4. The highest BCUT2D eigenvalue weighted by Crippen LogP contribution is 2.41. The molecule has 0 radical (unpaired) electrons. The topological polar surface area (TPSA) is 96.7 Å². The summed E-state index contributed by atoms with van der Waals surface area (Å²) in [6.45, 7) is 7.24. The van der Waals surface area contributed by atoms with Gasteiger partial charge in [-0.3, -0.25) is 4.79 Å². The standard InChI is InChI=1S/C24H23FNO5P/c1-4-20(32(29)30)19(27)13-21(28)31-24-22(15-9-11-16(25)12-10-15)17-7-5-6-8-18(17)26-23(24)14(2)3/h4-12,14,19-20,27H,1,13H2,2-3H3/p+1. The van der Waals surface area contributed by atoms with Crippen LogP contribution in [0.15, 0.2) is 61.2 Å². The molecule has 2 aromatic carbocycles. The van der Waals surface area contributed by atoms with E-state index in [1.54, 1.807) is 12.1 Å². The molecule has 2 N–H and O–H groups in total. The van der Waals surface area contributed by atoms with E-state index < -0.39 is 38.0 Å². The first-order valence-electron chi connectivity index (χ1n) is 10.1. The van der Waals surface area contributed by atoms with E-state index in [1.807, 2.05) is 38.1 Å². The quantitative estimate of drug-likeness (QED) is 0.278. The number of hydrogen-bond acceptors (Lipinski definition) is 5. The number of rotatable bonds is 8. The molecule has 0 aliphatic carbocycles. The van der Waals surface area contributed by atoms with Crippen LogP contribution in [0.2, 0.25) is 0 Å². The van der Waals surface area contributed by atoms with Crippen LogP contribution in [0.5, 0.6) is 5.75 Å². The minimum Gasteiger partial charge on any atom is -0.424 e. The van der Waals surface area contributed by atoms with Crippen molar-refractivity contribution in [2.24, 2.45) is 0 Å². The van der Waals surface area contributed by atoms with Crippen LogP contribution in [-0.2, 0) is 9.36 Å². The molecule has 3 rings (SSSR count). The molecule has 166 valence electrons. The van der Waals surface area contributed by atoms with Gasteiger partial charge in [0.1, 0.15) is 11.9 Å². The summed E-state index contributed by atoms with van der Waals surface area (Å²) in [6.07, 6.45) is -0.803. The molecule has 3 unspecified atom stereocenters. The summed E-state index contributed by atoms with van der Waals surface area (Å²) in [7, 11) is -2.75. The van der Waals surface area contributed by atoms with E-state index in [0.29, 0.717) is 27.7 Å². The highest BCUT2D eigenvalue weighted by Gasteiger charge is 2.36. The molecule has 0 bridgehead atoms. The second kappa shape index (κ2) is 10.1. The summed E-state index contributed by atoms with van der Waals surface area (Å²) in [4.78, 5) is 26.7. The average Bonchev–Trinajstić information content (AvgIpc) is 2.74. The van der Waals surface area contributed by atoms with Gasteiger partial charge in [0.25, 0.3) is 0 Å². The van der Waals surface area contributed by atoms with Gasteiger partial charge in [0.2, 0.25) is 5.66 Å². The number of ether oxygens (including phenoxy) is 1. The molecular weight excluding hydrogens is 432 g/mol. The molecule has 32 heavy (non-hydrogen) atoms. The first-order chi connectivity index (χ1) is 15.2. The third kappa shape index (κ3) is 5.07. The molecule has 1 heterocycles. The smallest absolute Gasteiger partial charge is 0.424 e. The molecule has 3 aromatic rings. The van der Waals surface area contributed by atoms with Gasteiger partial charge < -0.3 is 9.84 Å². The minimum atomic E-state index is -2.75. The lowest BCUT2D eigenvalue weighted by molar-refractivity contribution is -0.136. The fourth-order valence-corrected chi connectivity index (χ4v) is 4.03. The zero-order valence-corrected chi connectivity index (χ0v) is 18.6. The molecule has 0 amide bonds. The van der Waals surface area contributed by atoms with Crippen molar-refractivity contribution >= 4 is 24.9 Å². The van der Waals surface area contributed by atoms with Crippen LogP contribution >= 0.6 is 8.03 Å². The van der Waals surface area contributed by atoms with Gasteiger partial charge in [-0.25, -0.2) is 9.37 Å². The number of halogens is 1. The first-order valence-corrected chi connectivity index (χ1v) is 11.4. The first kappa shape index (κ1) is 23.7. The number of aromatic nitrogens is 1. The molecule has 1 aromatic heterocycles. The molecule has 3 atom stereocenters. The Hall–Kier alpha value is -2.99. The van der Waals surface area contributed by atoms with E-state index in [9.17, 15) is 23.7 Å². The number of para-hydroxylation sites is 1. The largest absolute Gasteiger partial charge is 0.515 e. The van der Waals surface area contributed by atoms with Crippen LogP contribution in [-0.4, -0.2) is 32.7 Å². The monoisotopic (exact) mass is 456 g/mol. The molecule has 8 heteroatoms. The maximum atomic E-state index is 13.6. The van der Waals surface area contributed by atoms with Crippen LogP contribution in [0.1, 0.15) is 31.9 Å². The summed E-state index contributed by atoms with van der Waals surface area (Å²) in [5, 5.41) is 10.9. The van der Waals surface area contributed by atoms with Crippen molar-refractivity contribution in [2.45, 2.75) is 37.9 Å². The van der Waals surface area contributed by atoms with E-state index in [-0.39, 0.29) is 11.7 Å². The molecular formula is C24H24FNO5P+. The van der Waals surface area contributed by atoms with Crippen molar-refractivity contribution in [3.63, 3.8) is 0 Å². The Balaban J connectivity index is 2.12. The van der Waals surface area contributed by atoms with Crippen molar-refractivity contribution in [2.75, 3.05) is 0 Å². The van der Waals surface area contributed by atoms with Crippen LogP contribution in [0, 0.1) is 5.82 Å². The van der Waals surface area contributed by atoms with Crippen molar-refractivity contribution < 1.29 is 28.5 Å². The van der Waals surface area contributed by atoms with Gasteiger partial charge >= 0.3 is 14.0 Å². The molecule has 0 saturated carbocycles. The molecule has 0 spiro atoms. The second-order valence-corrected chi connectivity index (χ2v) is 8.86. The number of benzene rings is 2. The summed E-state index contributed by atoms with van der Waals surface area (Å²) >= 11 is 0. The number of nitrogens with zero attached hydrogens (tertiary/aromatic N) is 1. The number of aliphatic hydroxyl groups is 1. The normalized spacial score (nSPS) is 13.6. The van der Waals surface area contributed by atoms with Crippen LogP contribution in [0.4, 0.5) is 4.39 Å². The maximum absolute atomic E-state index is 13.6.